The first-order valence-electron chi connectivity index (χ1n) is 12.4. The second kappa shape index (κ2) is 10.6. The normalized spacial score (nSPS) is 21.4. The predicted molar refractivity (Wildman–Crippen MR) is 139 cm³/mol. The Morgan fingerprint density at radius 1 is 0.865 bits per heavy atom. The molecule has 1 spiro atoms. The number of amides is 3. The van der Waals surface area contributed by atoms with Crippen molar-refractivity contribution in [2.45, 2.75) is 31.5 Å². The molecule has 8 nitrogen and oxygen atoms in total. The molecule has 3 aliphatic rings. The van der Waals surface area contributed by atoms with Crippen molar-refractivity contribution in [1.29, 1.82) is 0 Å². The van der Waals surface area contributed by atoms with Crippen LogP contribution in [0.15, 0.2) is 42.5 Å². The predicted octanol–water partition coefficient (Wildman–Crippen LogP) is 3.63. The van der Waals surface area contributed by atoms with Crippen LogP contribution in [0.2, 0.25) is 10.0 Å². The van der Waals surface area contributed by atoms with Gasteiger partial charge in [-0.05, 0) is 37.3 Å². The van der Waals surface area contributed by atoms with Crippen LogP contribution in [0.5, 0.6) is 0 Å². The third-order valence-corrected chi connectivity index (χ3v) is 8.09. The summed E-state index contributed by atoms with van der Waals surface area (Å²) in [4.78, 5) is 45.7. The third-order valence-electron chi connectivity index (χ3n) is 7.35. The van der Waals surface area contributed by atoms with Gasteiger partial charge < -0.3 is 19.3 Å². The average molecular weight is 546 g/mol. The van der Waals surface area contributed by atoms with E-state index in [1.54, 1.807) is 39.0 Å². The lowest BCUT2D eigenvalue weighted by molar-refractivity contribution is -0.141. The van der Waals surface area contributed by atoms with Crippen molar-refractivity contribution in [3.8, 4) is 0 Å². The molecule has 5 rings (SSSR count). The molecule has 196 valence electrons. The molecule has 1 atom stereocenters. The van der Waals surface area contributed by atoms with Crippen LogP contribution in [0.25, 0.3) is 0 Å². The summed E-state index contributed by atoms with van der Waals surface area (Å²) in [6.45, 7) is 4.71. The molecule has 0 aromatic heterocycles. The zero-order valence-electron chi connectivity index (χ0n) is 20.6. The van der Waals surface area contributed by atoms with Gasteiger partial charge in [-0.15, -0.1) is 0 Å². The number of carbonyl (C=O) groups excluding carboxylic acids is 3. The molecular formula is C27H29Cl2N3O5. The molecule has 0 bridgehead atoms. The number of hydrogen-bond donors (Lipinski definition) is 0. The first kappa shape index (κ1) is 26.0. The first-order chi connectivity index (χ1) is 17.8. The largest absolute Gasteiger partial charge is 0.378 e. The zero-order chi connectivity index (χ0) is 26.2. The van der Waals surface area contributed by atoms with Crippen molar-refractivity contribution in [2.24, 2.45) is 0 Å². The molecule has 3 aliphatic heterocycles. The number of likely N-dealkylation sites (tertiary alicyclic amines) is 1. The molecule has 37 heavy (non-hydrogen) atoms. The van der Waals surface area contributed by atoms with Crippen LogP contribution in [0.1, 0.15) is 39.1 Å². The van der Waals surface area contributed by atoms with Gasteiger partial charge in [0.2, 0.25) is 5.91 Å². The molecule has 0 saturated carbocycles. The summed E-state index contributed by atoms with van der Waals surface area (Å²) < 4.78 is 11.7. The topological polar surface area (TPSA) is 79.4 Å². The van der Waals surface area contributed by atoms with Gasteiger partial charge in [-0.1, -0.05) is 40.9 Å². The van der Waals surface area contributed by atoms with E-state index in [-0.39, 0.29) is 24.3 Å². The lowest BCUT2D eigenvalue weighted by atomic mass is 9.95. The molecule has 0 aliphatic carbocycles. The fourth-order valence-electron chi connectivity index (χ4n) is 5.34. The first-order valence-corrected chi connectivity index (χ1v) is 13.2. The molecule has 3 heterocycles. The van der Waals surface area contributed by atoms with Gasteiger partial charge in [-0.2, -0.15) is 0 Å². The minimum atomic E-state index is -0.970. The van der Waals surface area contributed by atoms with E-state index in [2.05, 4.69) is 0 Å². The SMILES string of the molecule is Cc1cccc(C(=O)N2[C@H](C(=O)N3CCOCC3)COC23CCN(C(=O)c2ccc(Cl)c(Cl)c2)CC3)c1. The Labute approximate surface area is 226 Å². The monoisotopic (exact) mass is 545 g/mol. The molecule has 10 heteroatoms. The number of aryl methyl sites for hydroxylation is 1. The highest BCUT2D eigenvalue weighted by Crippen LogP contribution is 2.39. The Bertz CT molecular complexity index is 1210. The van der Waals surface area contributed by atoms with E-state index >= 15 is 0 Å². The number of piperidine rings is 1. The number of rotatable bonds is 3. The van der Waals surface area contributed by atoms with Crippen molar-refractivity contribution in [3.05, 3.63) is 69.2 Å². The Kier molecular flexibility index (Phi) is 7.45. The van der Waals surface area contributed by atoms with E-state index in [1.165, 1.54) is 0 Å². The number of nitrogens with zero attached hydrogens (tertiary/aromatic N) is 3. The second-order valence-corrected chi connectivity index (χ2v) is 10.5. The molecule has 3 saturated heterocycles. The molecule has 3 amide bonds. The van der Waals surface area contributed by atoms with Gasteiger partial charge >= 0.3 is 0 Å². The Morgan fingerprint density at radius 2 is 1.57 bits per heavy atom. The number of morpholine rings is 1. The number of hydrogen-bond acceptors (Lipinski definition) is 5. The van der Waals surface area contributed by atoms with Crippen LogP contribution in [-0.4, -0.2) is 90.2 Å². The summed E-state index contributed by atoms with van der Waals surface area (Å²) in [5.41, 5.74) is 0.949. The highest BCUT2D eigenvalue weighted by Gasteiger charge is 2.55. The zero-order valence-corrected chi connectivity index (χ0v) is 22.1. The van der Waals surface area contributed by atoms with E-state index in [0.717, 1.165) is 5.56 Å². The van der Waals surface area contributed by atoms with E-state index in [0.29, 0.717) is 73.4 Å². The van der Waals surface area contributed by atoms with Crippen molar-refractivity contribution >= 4 is 40.9 Å². The second-order valence-electron chi connectivity index (χ2n) is 9.68. The van der Waals surface area contributed by atoms with Gasteiger partial charge in [-0.3, -0.25) is 19.3 Å². The summed E-state index contributed by atoms with van der Waals surface area (Å²) >= 11 is 12.1. The fourth-order valence-corrected chi connectivity index (χ4v) is 5.64. The average Bonchev–Trinajstić information content (AvgIpc) is 3.28. The van der Waals surface area contributed by atoms with Gasteiger partial charge in [0.15, 0.2) is 0 Å². The maximum atomic E-state index is 13.9. The van der Waals surface area contributed by atoms with Crippen LogP contribution in [0, 0.1) is 6.92 Å². The lowest BCUT2D eigenvalue weighted by Gasteiger charge is -2.45. The maximum absolute atomic E-state index is 13.9. The van der Waals surface area contributed by atoms with Crippen LogP contribution in [0.4, 0.5) is 0 Å². The number of carbonyl (C=O) groups is 3. The molecule has 0 radical (unpaired) electrons. The van der Waals surface area contributed by atoms with E-state index in [4.69, 9.17) is 32.7 Å². The summed E-state index contributed by atoms with van der Waals surface area (Å²) in [6.07, 6.45) is 0.787. The van der Waals surface area contributed by atoms with Crippen LogP contribution in [0.3, 0.4) is 0 Å². The Morgan fingerprint density at radius 3 is 2.24 bits per heavy atom. The van der Waals surface area contributed by atoms with Crippen molar-refractivity contribution in [3.63, 3.8) is 0 Å². The van der Waals surface area contributed by atoms with Gasteiger partial charge in [-0.25, -0.2) is 0 Å². The molecule has 2 aromatic rings. The summed E-state index contributed by atoms with van der Waals surface area (Å²) in [5, 5.41) is 0.705. The molecule has 3 fully saturated rings. The minimum absolute atomic E-state index is 0.120. The highest BCUT2D eigenvalue weighted by molar-refractivity contribution is 6.42. The van der Waals surface area contributed by atoms with Gasteiger partial charge in [0.25, 0.3) is 11.8 Å². The Hall–Kier alpha value is -2.65. The highest BCUT2D eigenvalue weighted by atomic mass is 35.5. The number of benzene rings is 2. The summed E-state index contributed by atoms with van der Waals surface area (Å²) in [6, 6.07) is 11.4. The molecular weight excluding hydrogens is 517 g/mol. The quantitative estimate of drug-likeness (QED) is 0.588. The fraction of sp³-hybridized carbons (Fsp3) is 0.444. The standard InChI is InChI=1S/C27H29Cl2N3O5/c1-18-3-2-4-19(15-18)25(34)32-23(26(35)31-11-13-36-14-12-31)17-37-27(32)7-9-30(10-8-27)24(33)20-5-6-21(28)22(29)16-20/h2-6,15-16,23H,7-14,17H2,1H3/t23-/m0/s1. The van der Waals surface area contributed by atoms with Crippen LogP contribution >= 0.6 is 23.2 Å². The van der Waals surface area contributed by atoms with Crippen molar-refractivity contribution < 1.29 is 23.9 Å². The van der Waals surface area contributed by atoms with Gasteiger partial charge in [0.05, 0.1) is 29.9 Å². The minimum Gasteiger partial charge on any atom is -0.378 e. The number of ether oxygens (including phenoxy) is 2. The van der Waals surface area contributed by atoms with Crippen LogP contribution < -0.4 is 0 Å². The smallest absolute Gasteiger partial charge is 0.256 e. The molecule has 2 aromatic carbocycles. The maximum Gasteiger partial charge on any atom is 0.256 e. The van der Waals surface area contributed by atoms with Crippen molar-refractivity contribution in [1.82, 2.24) is 14.7 Å². The van der Waals surface area contributed by atoms with Crippen molar-refractivity contribution in [2.75, 3.05) is 46.0 Å². The summed E-state index contributed by atoms with van der Waals surface area (Å²) in [7, 11) is 0. The van der Waals surface area contributed by atoms with Gasteiger partial charge in [0, 0.05) is 50.1 Å². The third kappa shape index (κ3) is 5.08. The van der Waals surface area contributed by atoms with Gasteiger partial charge in [0.1, 0.15) is 11.8 Å². The molecule has 0 unspecified atom stereocenters. The van der Waals surface area contributed by atoms with E-state index < -0.39 is 11.8 Å². The number of halogens is 2. The molecule has 0 N–H and O–H groups in total. The Balaban J connectivity index is 1.39. The lowest BCUT2D eigenvalue weighted by Crippen LogP contribution is -2.60. The summed E-state index contributed by atoms with van der Waals surface area (Å²) in [5.74, 6) is -0.531. The van der Waals surface area contributed by atoms with Crippen LogP contribution in [-0.2, 0) is 14.3 Å². The van der Waals surface area contributed by atoms with E-state index in [9.17, 15) is 14.4 Å². The van der Waals surface area contributed by atoms with E-state index in [1.807, 2.05) is 25.1 Å².